The van der Waals surface area contributed by atoms with E-state index in [0.717, 1.165) is 26.1 Å². The molecular formula is C15H32N2O. The van der Waals surface area contributed by atoms with Crippen molar-refractivity contribution < 1.29 is 4.74 Å². The van der Waals surface area contributed by atoms with Gasteiger partial charge in [0.05, 0.1) is 6.10 Å². The summed E-state index contributed by atoms with van der Waals surface area (Å²) in [5, 5.41) is 3.75. The zero-order valence-corrected chi connectivity index (χ0v) is 13.0. The molecule has 0 aromatic heterocycles. The highest BCUT2D eigenvalue weighted by Gasteiger charge is 2.25. The highest BCUT2D eigenvalue weighted by atomic mass is 16.5. The fourth-order valence-electron chi connectivity index (χ4n) is 2.92. The first kappa shape index (κ1) is 15.9. The van der Waals surface area contributed by atoms with E-state index >= 15 is 0 Å². The van der Waals surface area contributed by atoms with Crippen LogP contribution in [0.15, 0.2) is 0 Å². The van der Waals surface area contributed by atoms with Gasteiger partial charge in [-0.25, -0.2) is 0 Å². The summed E-state index contributed by atoms with van der Waals surface area (Å²) in [7, 11) is 4.29. The second kappa shape index (κ2) is 7.46. The fraction of sp³-hybridized carbons (Fsp3) is 1.00. The van der Waals surface area contributed by atoms with E-state index in [1.165, 1.54) is 19.3 Å². The maximum atomic E-state index is 5.80. The minimum Gasteiger partial charge on any atom is -0.378 e. The van der Waals surface area contributed by atoms with Gasteiger partial charge in [0, 0.05) is 25.7 Å². The predicted octanol–water partition coefficient (Wildman–Crippen LogP) is 2.51. The minimum absolute atomic E-state index is 0.335. The smallest absolute Gasteiger partial charge is 0.0589 e. The normalized spacial score (nSPS) is 25.7. The predicted molar refractivity (Wildman–Crippen MR) is 78.0 cm³/mol. The van der Waals surface area contributed by atoms with E-state index in [-0.39, 0.29) is 0 Å². The lowest BCUT2D eigenvalue weighted by Gasteiger charge is -2.34. The van der Waals surface area contributed by atoms with Crippen molar-refractivity contribution in [3.8, 4) is 0 Å². The maximum Gasteiger partial charge on any atom is 0.0589 e. The molecule has 18 heavy (non-hydrogen) atoms. The topological polar surface area (TPSA) is 24.5 Å². The van der Waals surface area contributed by atoms with Gasteiger partial charge in [0.1, 0.15) is 0 Å². The van der Waals surface area contributed by atoms with Crippen LogP contribution in [0, 0.1) is 5.41 Å². The molecule has 1 aliphatic rings. The molecule has 0 saturated carbocycles. The van der Waals surface area contributed by atoms with Crippen LogP contribution in [0.1, 0.15) is 46.5 Å². The van der Waals surface area contributed by atoms with Crippen molar-refractivity contribution >= 4 is 0 Å². The number of ether oxygens (including phenoxy) is 1. The monoisotopic (exact) mass is 256 g/mol. The zero-order chi connectivity index (χ0) is 13.6. The van der Waals surface area contributed by atoms with Crippen LogP contribution in [0.5, 0.6) is 0 Å². The van der Waals surface area contributed by atoms with Crippen molar-refractivity contribution in [2.75, 3.05) is 33.8 Å². The first-order valence-electron chi connectivity index (χ1n) is 7.42. The Hall–Kier alpha value is -0.120. The summed E-state index contributed by atoms with van der Waals surface area (Å²) < 4.78 is 5.80. The molecule has 3 nitrogen and oxygen atoms in total. The first-order valence-corrected chi connectivity index (χ1v) is 7.42. The molecule has 0 spiro atoms. The van der Waals surface area contributed by atoms with E-state index in [1.54, 1.807) is 0 Å². The number of hydrogen-bond acceptors (Lipinski definition) is 3. The number of hydrogen-bond donors (Lipinski definition) is 1. The van der Waals surface area contributed by atoms with Gasteiger partial charge in [0.25, 0.3) is 0 Å². The molecule has 3 heteroatoms. The van der Waals surface area contributed by atoms with Gasteiger partial charge in [0.2, 0.25) is 0 Å². The van der Waals surface area contributed by atoms with Crippen molar-refractivity contribution in [2.45, 2.75) is 58.6 Å². The Balaban J connectivity index is 2.29. The van der Waals surface area contributed by atoms with Crippen LogP contribution in [0.3, 0.4) is 0 Å². The Bertz CT molecular complexity index is 227. The van der Waals surface area contributed by atoms with E-state index in [9.17, 15) is 0 Å². The van der Waals surface area contributed by atoms with Crippen LogP contribution >= 0.6 is 0 Å². The van der Waals surface area contributed by atoms with Gasteiger partial charge in [-0.3, -0.25) is 0 Å². The summed E-state index contributed by atoms with van der Waals surface area (Å²) in [5.74, 6) is 0. The maximum absolute atomic E-state index is 5.80. The molecule has 0 aliphatic carbocycles. The second-order valence-electron chi connectivity index (χ2n) is 6.79. The molecule has 0 bridgehead atoms. The summed E-state index contributed by atoms with van der Waals surface area (Å²) in [6, 6.07) is 0.650. The van der Waals surface area contributed by atoms with Gasteiger partial charge in [-0.15, -0.1) is 0 Å². The zero-order valence-electron chi connectivity index (χ0n) is 13.0. The molecule has 2 atom stereocenters. The van der Waals surface area contributed by atoms with Gasteiger partial charge in [-0.1, -0.05) is 27.2 Å². The highest BCUT2D eigenvalue weighted by Crippen LogP contribution is 2.20. The fourth-order valence-corrected chi connectivity index (χ4v) is 2.92. The number of rotatable bonds is 7. The van der Waals surface area contributed by atoms with Gasteiger partial charge in [-0.05, 0) is 38.8 Å². The van der Waals surface area contributed by atoms with Crippen LogP contribution in [-0.2, 0) is 4.74 Å². The third-order valence-corrected chi connectivity index (χ3v) is 3.59. The lowest BCUT2D eigenvalue weighted by molar-refractivity contribution is -0.00482. The van der Waals surface area contributed by atoms with Gasteiger partial charge >= 0.3 is 0 Å². The van der Waals surface area contributed by atoms with Crippen LogP contribution in [0.4, 0.5) is 0 Å². The van der Waals surface area contributed by atoms with Crippen LogP contribution in [0.2, 0.25) is 0 Å². The summed E-state index contributed by atoms with van der Waals surface area (Å²) in [4.78, 5) is 2.27. The lowest BCUT2D eigenvalue weighted by Crippen LogP contribution is -2.45. The first-order chi connectivity index (χ1) is 8.43. The summed E-state index contributed by atoms with van der Waals surface area (Å²) in [6.07, 6.45) is 5.27. The van der Waals surface area contributed by atoms with Crippen molar-refractivity contribution in [3.63, 3.8) is 0 Å². The molecule has 1 heterocycles. The molecule has 1 N–H and O–H groups in total. The summed E-state index contributed by atoms with van der Waals surface area (Å²) in [6.45, 7) is 10.1. The largest absolute Gasteiger partial charge is 0.378 e. The molecular weight excluding hydrogens is 224 g/mol. The molecule has 1 rings (SSSR count). The second-order valence-corrected chi connectivity index (χ2v) is 6.79. The van der Waals surface area contributed by atoms with E-state index in [0.29, 0.717) is 17.6 Å². The van der Waals surface area contributed by atoms with Gasteiger partial charge < -0.3 is 15.0 Å². The molecule has 1 fully saturated rings. The van der Waals surface area contributed by atoms with Crippen LogP contribution in [-0.4, -0.2) is 50.8 Å². The van der Waals surface area contributed by atoms with Crippen molar-refractivity contribution in [1.29, 1.82) is 0 Å². The SMILES string of the molecule is CCCC1CC(NCC(C)(C)CN(C)C)CCO1. The number of nitrogens with zero attached hydrogens (tertiary/aromatic N) is 1. The van der Waals surface area contributed by atoms with Gasteiger partial charge in [0.15, 0.2) is 0 Å². The minimum atomic E-state index is 0.335. The molecule has 0 amide bonds. The third-order valence-electron chi connectivity index (χ3n) is 3.59. The quantitative estimate of drug-likeness (QED) is 0.757. The van der Waals surface area contributed by atoms with Crippen molar-refractivity contribution in [1.82, 2.24) is 10.2 Å². The molecule has 0 aromatic carbocycles. The Kier molecular flexibility index (Phi) is 6.61. The summed E-state index contributed by atoms with van der Waals surface area (Å²) >= 11 is 0. The number of nitrogens with one attached hydrogen (secondary N) is 1. The Morgan fingerprint density at radius 1 is 1.33 bits per heavy atom. The highest BCUT2D eigenvalue weighted by molar-refractivity contribution is 4.81. The molecule has 0 radical (unpaired) electrons. The average molecular weight is 256 g/mol. The molecule has 0 aromatic rings. The van der Waals surface area contributed by atoms with Crippen LogP contribution < -0.4 is 5.32 Å². The average Bonchev–Trinajstić information content (AvgIpc) is 2.26. The summed E-state index contributed by atoms with van der Waals surface area (Å²) in [5.41, 5.74) is 0.335. The van der Waals surface area contributed by atoms with E-state index in [4.69, 9.17) is 4.74 Å². The van der Waals surface area contributed by atoms with E-state index in [1.807, 2.05) is 0 Å². The van der Waals surface area contributed by atoms with E-state index < -0.39 is 0 Å². The van der Waals surface area contributed by atoms with E-state index in [2.05, 4.69) is 45.1 Å². The Morgan fingerprint density at radius 3 is 2.67 bits per heavy atom. The Labute approximate surface area is 113 Å². The van der Waals surface area contributed by atoms with Gasteiger partial charge in [-0.2, -0.15) is 0 Å². The van der Waals surface area contributed by atoms with Crippen molar-refractivity contribution in [2.24, 2.45) is 5.41 Å². The molecule has 2 unspecified atom stereocenters. The molecule has 108 valence electrons. The lowest BCUT2D eigenvalue weighted by atomic mass is 9.91. The third kappa shape index (κ3) is 6.17. The van der Waals surface area contributed by atoms with Crippen molar-refractivity contribution in [3.05, 3.63) is 0 Å². The molecule has 1 saturated heterocycles. The standard InChI is InChI=1S/C15H32N2O/c1-6-7-14-10-13(8-9-18-14)16-11-15(2,3)12-17(4)5/h13-14,16H,6-12H2,1-5H3. The van der Waals surface area contributed by atoms with Crippen LogP contribution in [0.25, 0.3) is 0 Å². The Morgan fingerprint density at radius 2 is 2.06 bits per heavy atom. The molecule has 1 aliphatic heterocycles.